The largest absolute Gasteiger partial charge is 0.507 e. The first-order valence-corrected chi connectivity index (χ1v) is 7.26. The fraction of sp³-hybridized carbons (Fsp3) is 0.0588. The number of hydrogen-bond acceptors (Lipinski definition) is 4. The van der Waals surface area contributed by atoms with Crippen LogP contribution in [-0.4, -0.2) is 23.4 Å². The Morgan fingerprint density at radius 3 is 2.55 bits per heavy atom. The monoisotopic (exact) mass is 488 g/mol. The van der Waals surface area contributed by atoms with Crippen LogP contribution >= 0.6 is 11.3 Å². The first-order valence-electron chi connectivity index (χ1n) is 6.38. The van der Waals surface area contributed by atoms with Crippen molar-refractivity contribution in [1.29, 1.82) is 0 Å². The van der Waals surface area contributed by atoms with Crippen LogP contribution in [0.2, 0.25) is 0 Å². The molecule has 0 aliphatic rings. The van der Waals surface area contributed by atoms with Crippen LogP contribution in [0.25, 0.3) is 10.6 Å². The van der Waals surface area contributed by atoms with Gasteiger partial charge in [-0.25, -0.2) is 11.3 Å². The second-order valence-corrected chi connectivity index (χ2v) is 4.97. The topological polar surface area (TPSA) is 45.5 Å². The van der Waals surface area contributed by atoms with E-state index in [2.05, 4.69) is 16.0 Å². The van der Waals surface area contributed by atoms with Crippen LogP contribution in [0.15, 0.2) is 65.1 Å². The fourth-order valence-corrected chi connectivity index (χ4v) is 2.26. The number of rotatable bonds is 2. The Hall–Kier alpha value is -1.81. The molecule has 5 heteroatoms. The first kappa shape index (κ1) is 18.2. The van der Waals surface area contributed by atoms with Crippen LogP contribution in [0.4, 0.5) is 0 Å². The molecule has 0 saturated carbocycles. The molecule has 1 N–H and O–H groups in total. The van der Waals surface area contributed by atoms with Crippen LogP contribution in [0, 0.1) is 6.07 Å². The van der Waals surface area contributed by atoms with Gasteiger partial charge in [0.05, 0.1) is 0 Å². The van der Waals surface area contributed by atoms with Crippen molar-refractivity contribution in [3.8, 4) is 16.3 Å². The molecule has 115 valence electrons. The van der Waals surface area contributed by atoms with E-state index in [1.54, 1.807) is 42.9 Å². The first-order chi connectivity index (χ1) is 10.3. The molecule has 3 nitrogen and oxygen atoms in total. The number of thiophene rings is 1. The molecule has 0 bridgehead atoms. The Balaban J connectivity index is 0.000000212. The fourth-order valence-electron chi connectivity index (χ4n) is 1.61. The summed E-state index contributed by atoms with van der Waals surface area (Å²) in [4.78, 5) is 9.08. The van der Waals surface area contributed by atoms with Crippen molar-refractivity contribution < 1.29 is 25.2 Å². The number of aromatic hydroxyl groups is 1. The molecule has 0 amide bonds. The van der Waals surface area contributed by atoms with Crippen LogP contribution in [0.3, 0.4) is 0 Å². The number of phenolic OH excluding ortho intramolecular Hbond substituents is 1. The van der Waals surface area contributed by atoms with E-state index in [0.717, 1.165) is 16.1 Å². The molecule has 1 radical (unpaired) electrons. The second kappa shape index (κ2) is 10.0. The van der Waals surface area contributed by atoms with Crippen molar-refractivity contribution in [3.63, 3.8) is 0 Å². The van der Waals surface area contributed by atoms with E-state index < -0.39 is 0 Å². The van der Waals surface area contributed by atoms with E-state index in [4.69, 9.17) is 5.11 Å². The summed E-state index contributed by atoms with van der Waals surface area (Å²) in [6.07, 6.45) is 3.41. The van der Waals surface area contributed by atoms with E-state index in [9.17, 15) is 0 Å². The van der Waals surface area contributed by atoms with Gasteiger partial charge in [0.1, 0.15) is 5.75 Å². The number of para-hydroxylation sites is 1. The molecule has 2 aromatic heterocycles. The summed E-state index contributed by atoms with van der Waals surface area (Å²) >= 11 is 1.66. The van der Waals surface area contributed by atoms with Gasteiger partial charge in [0, 0.05) is 45.1 Å². The third kappa shape index (κ3) is 5.52. The van der Waals surface area contributed by atoms with Crippen LogP contribution in [-0.2, 0) is 20.1 Å². The molecule has 0 atom stereocenters. The van der Waals surface area contributed by atoms with Gasteiger partial charge in [-0.3, -0.25) is 4.99 Å². The average Bonchev–Trinajstić information content (AvgIpc) is 3.06. The molecule has 3 rings (SSSR count). The molecular formula is C17H15IrN2OS-. The second-order valence-electron chi connectivity index (χ2n) is 4.06. The van der Waals surface area contributed by atoms with Gasteiger partial charge in [-0.15, -0.1) is 5.38 Å². The van der Waals surface area contributed by atoms with Gasteiger partial charge in [0.25, 0.3) is 0 Å². The van der Waals surface area contributed by atoms with Crippen molar-refractivity contribution in [2.75, 3.05) is 7.05 Å². The van der Waals surface area contributed by atoms with Gasteiger partial charge in [0.2, 0.25) is 0 Å². The number of pyridine rings is 1. The SMILES string of the molecule is CN=Cc1ccccc1O.[Ir].[c-]1ccsc1-c1ccccn1. The van der Waals surface area contributed by atoms with Gasteiger partial charge in [0.15, 0.2) is 0 Å². The van der Waals surface area contributed by atoms with E-state index >= 15 is 0 Å². The maximum atomic E-state index is 9.15. The molecule has 2 heterocycles. The van der Waals surface area contributed by atoms with Crippen LogP contribution in [0.1, 0.15) is 5.56 Å². The number of benzene rings is 1. The average molecular weight is 488 g/mol. The Kier molecular flexibility index (Phi) is 8.30. The summed E-state index contributed by atoms with van der Waals surface area (Å²) in [6.45, 7) is 0. The van der Waals surface area contributed by atoms with Gasteiger partial charge in [-0.1, -0.05) is 29.1 Å². The minimum atomic E-state index is 0. The number of aliphatic imine (C=N–C) groups is 1. The molecular weight excluding hydrogens is 472 g/mol. The molecule has 0 aliphatic carbocycles. The third-order valence-corrected chi connectivity index (χ3v) is 3.41. The smallest absolute Gasteiger partial charge is 0.124 e. The van der Waals surface area contributed by atoms with E-state index in [0.29, 0.717) is 0 Å². The van der Waals surface area contributed by atoms with Crippen LogP contribution < -0.4 is 0 Å². The Labute approximate surface area is 147 Å². The number of aromatic nitrogens is 1. The van der Waals surface area contributed by atoms with Gasteiger partial charge < -0.3 is 10.1 Å². The van der Waals surface area contributed by atoms with Crippen LogP contribution in [0.5, 0.6) is 5.75 Å². The number of hydrogen-bond donors (Lipinski definition) is 1. The normalized spacial score (nSPS) is 9.68. The predicted molar refractivity (Wildman–Crippen MR) is 88.0 cm³/mol. The van der Waals surface area contributed by atoms with Gasteiger partial charge in [-0.2, -0.15) is 12.1 Å². The molecule has 0 fully saturated rings. The summed E-state index contributed by atoms with van der Waals surface area (Å²) in [5, 5.41) is 11.2. The Morgan fingerprint density at radius 1 is 1.18 bits per heavy atom. The van der Waals surface area contributed by atoms with Crippen molar-refractivity contribution in [2.45, 2.75) is 0 Å². The quantitative estimate of drug-likeness (QED) is 0.438. The zero-order valence-corrected chi connectivity index (χ0v) is 15.1. The minimum absolute atomic E-state index is 0. The summed E-state index contributed by atoms with van der Waals surface area (Å²) < 4.78 is 0. The minimum Gasteiger partial charge on any atom is -0.507 e. The van der Waals surface area contributed by atoms with Crippen molar-refractivity contribution in [2.24, 2.45) is 4.99 Å². The maximum absolute atomic E-state index is 9.15. The number of phenols is 1. The van der Waals surface area contributed by atoms with Crippen molar-refractivity contribution in [3.05, 3.63) is 71.7 Å². The Bertz CT molecular complexity index is 685. The molecule has 1 aromatic carbocycles. The predicted octanol–water partition coefficient (Wildman–Crippen LogP) is 4.05. The zero-order valence-electron chi connectivity index (χ0n) is 11.9. The zero-order chi connectivity index (χ0) is 14.9. The molecule has 0 unspecified atom stereocenters. The summed E-state index contributed by atoms with van der Waals surface area (Å²) in [5.74, 6) is 0.271. The molecule has 0 spiro atoms. The van der Waals surface area contributed by atoms with Crippen molar-refractivity contribution in [1.82, 2.24) is 4.98 Å². The van der Waals surface area contributed by atoms with E-state index in [1.807, 2.05) is 41.8 Å². The van der Waals surface area contributed by atoms with Gasteiger partial charge in [-0.05, 0) is 23.9 Å². The molecule has 22 heavy (non-hydrogen) atoms. The Morgan fingerprint density at radius 2 is 1.95 bits per heavy atom. The molecule has 0 saturated heterocycles. The van der Waals surface area contributed by atoms with Crippen molar-refractivity contribution >= 4 is 17.6 Å². The molecule has 3 aromatic rings. The third-order valence-electron chi connectivity index (χ3n) is 2.57. The summed E-state index contributed by atoms with van der Waals surface area (Å²) in [6, 6.07) is 18.0. The summed E-state index contributed by atoms with van der Waals surface area (Å²) in [7, 11) is 1.67. The van der Waals surface area contributed by atoms with Gasteiger partial charge >= 0.3 is 0 Å². The molecule has 0 aliphatic heterocycles. The number of nitrogens with zero attached hydrogens (tertiary/aromatic N) is 2. The van der Waals surface area contributed by atoms with E-state index in [-0.39, 0.29) is 25.9 Å². The summed E-state index contributed by atoms with van der Waals surface area (Å²) in [5.41, 5.74) is 1.76. The standard InChI is InChI=1S/C9H6NS.C8H9NO.Ir/c1-2-6-10-8(4-1)9-5-3-7-11-9;1-9-6-7-4-2-3-5-8(7)10;/h1-4,6-7H;2-6,10H,1H3;/q-1;;. The van der Waals surface area contributed by atoms with E-state index in [1.165, 1.54) is 0 Å². The maximum Gasteiger partial charge on any atom is 0.124 e.